The molecule has 192 valence electrons. The molecular formula is C31H29N3O2S2. The van der Waals surface area contributed by atoms with Gasteiger partial charge in [-0.05, 0) is 67.3 Å². The second kappa shape index (κ2) is 11.8. The van der Waals surface area contributed by atoms with Gasteiger partial charge in [0.2, 0.25) is 0 Å². The lowest BCUT2D eigenvalue weighted by Crippen LogP contribution is -2.30. The van der Waals surface area contributed by atoms with Crippen molar-refractivity contribution < 1.29 is 9.53 Å². The third kappa shape index (κ3) is 5.74. The fraction of sp³-hybridized carbons (Fsp3) is 0.194. The van der Waals surface area contributed by atoms with Gasteiger partial charge in [-0.2, -0.15) is 5.10 Å². The maximum Gasteiger partial charge on any atom is 0.266 e. The Morgan fingerprint density at radius 3 is 2.47 bits per heavy atom. The number of carbonyl (C=O) groups is 1. The second-order valence-electron chi connectivity index (χ2n) is 9.11. The number of benzene rings is 3. The van der Waals surface area contributed by atoms with E-state index in [0.29, 0.717) is 22.4 Å². The molecule has 0 saturated carbocycles. The molecule has 7 heteroatoms. The van der Waals surface area contributed by atoms with Crippen LogP contribution < -0.4 is 4.74 Å². The molecule has 0 N–H and O–H groups in total. The van der Waals surface area contributed by atoms with Gasteiger partial charge in [-0.3, -0.25) is 9.69 Å². The first-order valence-corrected chi connectivity index (χ1v) is 13.9. The summed E-state index contributed by atoms with van der Waals surface area (Å²) < 4.78 is 8.27. The van der Waals surface area contributed by atoms with Crippen molar-refractivity contribution in [2.75, 3.05) is 13.2 Å². The summed E-state index contributed by atoms with van der Waals surface area (Å²) >= 11 is 6.95. The molecule has 1 saturated heterocycles. The minimum atomic E-state index is -0.0608. The average molecular weight is 540 g/mol. The van der Waals surface area contributed by atoms with Crippen molar-refractivity contribution in [3.63, 3.8) is 0 Å². The number of rotatable bonds is 9. The highest BCUT2D eigenvalue weighted by Crippen LogP contribution is 2.36. The molecule has 0 radical (unpaired) electrons. The van der Waals surface area contributed by atoms with Gasteiger partial charge in [0.15, 0.2) is 0 Å². The Morgan fingerprint density at radius 2 is 1.76 bits per heavy atom. The standard InChI is InChI=1S/C31H29N3O2S2/c1-3-18-36-26-14-15-27(22(2)19-26)29-24(21-34(32-29)25-12-8-5-9-13-25)20-28-30(35)33(31(37)38-28)17-16-23-10-6-4-7-11-23/h4-15,19-21H,3,16-18H2,1-2H3. The van der Waals surface area contributed by atoms with Crippen LogP contribution in [0.15, 0.2) is 90.0 Å². The number of thioether (sulfide) groups is 1. The van der Waals surface area contributed by atoms with Crippen molar-refractivity contribution >= 4 is 40.3 Å². The van der Waals surface area contributed by atoms with Crippen LogP contribution in [0.25, 0.3) is 23.0 Å². The fourth-order valence-electron chi connectivity index (χ4n) is 4.35. The van der Waals surface area contributed by atoms with Gasteiger partial charge in [-0.1, -0.05) is 79.4 Å². The monoisotopic (exact) mass is 539 g/mol. The summed E-state index contributed by atoms with van der Waals surface area (Å²) in [6.07, 6.45) is 5.60. The minimum absolute atomic E-state index is 0.0608. The van der Waals surface area contributed by atoms with Gasteiger partial charge in [0.25, 0.3) is 5.91 Å². The van der Waals surface area contributed by atoms with Crippen LogP contribution in [0.1, 0.15) is 30.0 Å². The van der Waals surface area contributed by atoms with Crippen LogP contribution in [-0.2, 0) is 11.2 Å². The van der Waals surface area contributed by atoms with E-state index < -0.39 is 0 Å². The van der Waals surface area contributed by atoms with Crippen LogP contribution in [0, 0.1) is 6.92 Å². The molecule has 1 amide bonds. The highest BCUT2D eigenvalue weighted by molar-refractivity contribution is 8.26. The molecule has 0 spiro atoms. The van der Waals surface area contributed by atoms with Crippen LogP contribution >= 0.6 is 24.0 Å². The second-order valence-corrected chi connectivity index (χ2v) is 10.8. The molecule has 2 heterocycles. The summed E-state index contributed by atoms with van der Waals surface area (Å²) in [5.74, 6) is 0.783. The molecule has 0 unspecified atom stereocenters. The van der Waals surface area contributed by atoms with E-state index in [1.807, 2.05) is 83.7 Å². The smallest absolute Gasteiger partial charge is 0.266 e. The molecular weight excluding hydrogens is 510 g/mol. The van der Waals surface area contributed by atoms with E-state index in [1.165, 1.54) is 17.3 Å². The van der Waals surface area contributed by atoms with Gasteiger partial charge in [-0.15, -0.1) is 0 Å². The number of para-hydroxylation sites is 1. The van der Waals surface area contributed by atoms with E-state index in [2.05, 4.69) is 26.0 Å². The summed E-state index contributed by atoms with van der Waals surface area (Å²) in [7, 11) is 0. The number of nitrogens with zero attached hydrogens (tertiary/aromatic N) is 3. The molecule has 0 bridgehead atoms. The molecule has 1 aliphatic heterocycles. The van der Waals surface area contributed by atoms with Crippen LogP contribution in [0.5, 0.6) is 5.75 Å². The highest BCUT2D eigenvalue weighted by Gasteiger charge is 2.32. The highest BCUT2D eigenvalue weighted by atomic mass is 32.2. The zero-order chi connectivity index (χ0) is 26.5. The third-order valence-corrected chi connectivity index (χ3v) is 7.69. The molecule has 5 nitrogen and oxygen atoms in total. The largest absolute Gasteiger partial charge is 0.494 e. The van der Waals surface area contributed by atoms with Crippen molar-refractivity contribution in [2.24, 2.45) is 0 Å². The number of hydrogen-bond acceptors (Lipinski definition) is 5. The van der Waals surface area contributed by atoms with E-state index in [0.717, 1.165) is 46.7 Å². The van der Waals surface area contributed by atoms with Crippen LogP contribution in [0.4, 0.5) is 0 Å². The predicted molar refractivity (Wildman–Crippen MR) is 160 cm³/mol. The van der Waals surface area contributed by atoms with Crippen LogP contribution in [0.3, 0.4) is 0 Å². The first-order valence-electron chi connectivity index (χ1n) is 12.7. The van der Waals surface area contributed by atoms with Gasteiger partial charge in [0.05, 0.1) is 17.2 Å². The van der Waals surface area contributed by atoms with Gasteiger partial charge in [0.1, 0.15) is 15.8 Å². The van der Waals surface area contributed by atoms with Gasteiger partial charge < -0.3 is 4.74 Å². The summed E-state index contributed by atoms with van der Waals surface area (Å²) in [6, 6.07) is 26.2. The molecule has 38 heavy (non-hydrogen) atoms. The fourth-order valence-corrected chi connectivity index (χ4v) is 5.65. The molecule has 3 aromatic carbocycles. The molecule has 0 atom stereocenters. The van der Waals surface area contributed by atoms with Gasteiger partial charge in [0, 0.05) is 23.9 Å². The number of hydrogen-bond donors (Lipinski definition) is 0. The number of ether oxygens (including phenoxy) is 1. The first kappa shape index (κ1) is 25.9. The first-order chi connectivity index (χ1) is 18.5. The van der Waals surface area contributed by atoms with E-state index >= 15 is 0 Å². The lowest BCUT2D eigenvalue weighted by Gasteiger charge is -2.14. The number of aryl methyl sites for hydroxylation is 1. The average Bonchev–Trinajstić information content (AvgIpc) is 3.47. The number of carbonyl (C=O) groups excluding carboxylic acids is 1. The van der Waals surface area contributed by atoms with E-state index in [1.54, 1.807) is 4.90 Å². The summed E-state index contributed by atoms with van der Waals surface area (Å²) in [5.41, 5.74) is 5.85. The molecule has 4 aromatic rings. The Kier molecular flexibility index (Phi) is 8.05. The summed E-state index contributed by atoms with van der Waals surface area (Å²) in [5, 5.41) is 4.95. The zero-order valence-corrected chi connectivity index (χ0v) is 23.1. The molecule has 1 aliphatic rings. The van der Waals surface area contributed by atoms with Crippen molar-refractivity contribution in [3.05, 3.63) is 107 Å². The van der Waals surface area contributed by atoms with Gasteiger partial charge in [-0.25, -0.2) is 4.68 Å². The normalized spacial score (nSPS) is 14.5. The van der Waals surface area contributed by atoms with Crippen LogP contribution in [-0.4, -0.2) is 38.1 Å². The quantitative estimate of drug-likeness (QED) is 0.168. The molecule has 1 aromatic heterocycles. The van der Waals surface area contributed by atoms with Crippen molar-refractivity contribution in [1.82, 2.24) is 14.7 Å². The Labute approximate surface area is 233 Å². The predicted octanol–water partition coefficient (Wildman–Crippen LogP) is 7.08. The van der Waals surface area contributed by atoms with Crippen molar-refractivity contribution in [2.45, 2.75) is 26.7 Å². The number of thiocarbonyl (C=S) groups is 1. The molecule has 0 aliphatic carbocycles. The Morgan fingerprint density at radius 1 is 1.03 bits per heavy atom. The summed E-state index contributed by atoms with van der Waals surface area (Å²) in [6.45, 7) is 5.38. The third-order valence-electron chi connectivity index (χ3n) is 6.32. The topological polar surface area (TPSA) is 47.4 Å². The number of aromatic nitrogens is 2. The van der Waals surface area contributed by atoms with E-state index in [9.17, 15) is 4.79 Å². The Hall–Kier alpha value is -3.68. The maximum absolute atomic E-state index is 13.4. The van der Waals surface area contributed by atoms with Crippen molar-refractivity contribution in [1.29, 1.82) is 0 Å². The molecule has 5 rings (SSSR count). The van der Waals surface area contributed by atoms with E-state index in [-0.39, 0.29) is 5.91 Å². The lowest BCUT2D eigenvalue weighted by atomic mass is 10.0. The minimum Gasteiger partial charge on any atom is -0.494 e. The van der Waals surface area contributed by atoms with E-state index in [4.69, 9.17) is 22.1 Å². The SMILES string of the molecule is CCCOc1ccc(-c2nn(-c3ccccc3)cc2C=C2SC(=S)N(CCc3ccccc3)C2=O)c(C)c1. The van der Waals surface area contributed by atoms with Crippen LogP contribution in [0.2, 0.25) is 0 Å². The molecule has 1 fully saturated rings. The zero-order valence-electron chi connectivity index (χ0n) is 21.5. The van der Waals surface area contributed by atoms with Gasteiger partial charge >= 0.3 is 0 Å². The summed E-state index contributed by atoms with van der Waals surface area (Å²) in [4.78, 5) is 15.7. The number of amides is 1. The lowest BCUT2D eigenvalue weighted by molar-refractivity contribution is -0.122. The maximum atomic E-state index is 13.4. The van der Waals surface area contributed by atoms with Crippen molar-refractivity contribution in [3.8, 4) is 22.7 Å². The Bertz CT molecular complexity index is 1480. The Balaban J connectivity index is 1.48.